The van der Waals surface area contributed by atoms with E-state index in [0.717, 1.165) is 19.5 Å². The lowest BCUT2D eigenvalue weighted by Crippen LogP contribution is -2.42. The number of anilines is 3. The highest BCUT2D eigenvalue weighted by Crippen LogP contribution is 2.31. The molecule has 32 heavy (non-hydrogen) atoms. The summed E-state index contributed by atoms with van der Waals surface area (Å²) in [5, 5.41) is 5.54. The number of nitrogens with zero attached hydrogens (tertiary/aromatic N) is 2. The van der Waals surface area contributed by atoms with Gasteiger partial charge in [0.25, 0.3) is 5.56 Å². The van der Waals surface area contributed by atoms with Crippen LogP contribution < -0.4 is 21.1 Å². The summed E-state index contributed by atoms with van der Waals surface area (Å²) >= 11 is 0. The Labute approximate surface area is 187 Å². The van der Waals surface area contributed by atoms with Crippen molar-refractivity contribution in [2.75, 3.05) is 28.6 Å². The van der Waals surface area contributed by atoms with Crippen LogP contribution in [0.5, 0.6) is 0 Å². The number of carbonyl (C=O) groups excluding carboxylic acids is 2. The van der Waals surface area contributed by atoms with E-state index in [1.807, 2.05) is 29.2 Å². The van der Waals surface area contributed by atoms with Gasteiger partial charge in [0.15, 0.2) is 0 Å². The summed E-state index contributed by atoms with van der Waals surface area (Å²) in [6.45, 7) is 10.1. The van der Waals surface area contributed by atoms with Crippen molar-refractivity contribution in [1.29, 1.82) is 0 Å². The number of nitrogens with one attached hydrogen (secondary N) is 3. The van der Waals surface area contributed by atoms with Crippen molar-refractivity contribution in [3.63, 3.8) is 0 Å². The number of amides is 2. The number of H-pyrrole nitrogens is 1. The fraction of sp³-hybridized carbons (Fsp3) is 0.500. The third-order valence-corrected chi connectivity index (χ3v) is 6.27. The minimum Gasteiger partial charge on any atom is -0.342 e. The maximum Gasteiger partial charge on any atom is 0.258 e. The number of aromatic amines is 1. The molecular weight excluding hydrogens is 406 g/mol. The Kier molecular flexibility index (Phi) is 6.04. The van der Waals surface area contributed by atoms with Crippen molar-refractivity contribution >= 4 is 29.3 Å². The molecule has 0 aliphatic carbocycles. The summed E-state index contributed by atoms with van der Waals surface area (Å²) in [5.74, 6) is 0.367. The molecule has 170 valence electrons. The summed E-state index contributed by atoms with van der Waals surface area (Å²) in [6.07, 6.45) is 1.04. The van der Waals surface area contributed by atoms with Crippen molar-refractivity contribution in [1.82, 2.24) is 9.97 Å². The predicted molar refractivity (Wildman–Crippen MR) is 125 cm³/mol. The Balaban J connectivity index is 1.60. The Bertz CT molecular complexity index is 1070. The van der Waals surface area contributed by atoms with Gasteiger partial charge < -0.3 is 15.5 Å². The van der Waals surface area contributed by atoms with E-state index in [-0.39, 0.29) is 29.3 Å². The fourth-order valence-corrected chi connectivity index (χ4v) is 4.75. The van der Waals surface area contributed by atoms with E-state index >= 15 is 0 Å². The van der Waals surface area contributed by atoms with Crippen LogP contribution in [-0.4, -0.2) is 34.9 Å². The van der Waals surface area contributed by atoms with Crippen LogP contribution in [-0.2, 0) is 9.59 Å². The van der Waals surface area contributed by atoms with Crippen LogP contribution in [0.15, 0.2) is 29.1 Å². The van der Waals surface area contributed by atoms with Crippen LogP contribution in [0.25, 0.3) is 0 Å². The number of aromatic nitrogens is 2. The van der Waals surface area contributed by atoms with E-state index in [1.54, 1.807) is 0 Å². The molecule has 1 aromatic carbocycles. The molecule has 3 unspecified atom stereocenters. The van der Waals surface area contributed by atoms with Crippen LogP contribution in [0.1, 0.15) is 63.5 Å². The van der Waals surface area contributed by atoms with Gasteiger partial charge in [0.05, 0.1) is 11.5 Å². The van der Waals surface area contributed by atoms with Crippen LogP contribution >= 0.6 is 0 Å². The Hall–Kier alpha value is -3.16. The van der Waals surface area contributed by atoms with Gasteiger partial charge in [-0.05, 0) is 41.9 Å². The molecule has 3 atom stereocenters. The third-order valence-electron chi connectivity index (χ3n) is 6.27. The van der Waals surface area contributed by atoms with Gasteiger partial charge in [-0.2, -0.15) is 4.98 Å². The zero-order chi connectivity index (χ0) is 23.0. The first-order valence-electron chi connectivity index (χ1n) is 11.3. The highest BCUT2D eigenvalue weighted by molar-refractivity contribution is 6.04. The zero-order valence-corrected chi connectivity index (χ0v) is 19.1. The third kappa shape index (κ3) is 4.54. The van der Waals surface area contributed by atoms with Crippen molar-refractivity contribution in [3.05, 3.63) is 45.7 Å². The first-order chi connectivity index (χ1) is 15.2. The average molecular weight is 438 g/mol. The molecule has 8 nitrogen and oxygen atoms in total. The zero-order valence-electron chi connectivity index (χ0n) is 19.1. The highest BCUT2D eigenvalue weighted by atomic mass is 16.2. The lowest BCUT2D eigenvalue weighted by Gasteiger charge is -2.35. The van der Waals surface area contributed by atoms with Gasteiger partial charge >= 0.3 is 0 Å². The second-order valence-corrected chi connectivity index (χ2v) is 9.57. The maximum atomic E-state index is 13.0. The SMILES string of the molecule is CC1CC(C)CN(c2nc3c(c(=O)[nH]2)C(C(=O)Nc2ccc(C(C)C)cc2)CC(=O)N3)C1. The molecule has 2 aliphatic heterocycles. The molecule has 3 heterocycles. The van der Waals surface area contributed by atoms with Crippen molar-refractivity contribution in [2.24, 2.45) is 11.8 Å². The second kappa shape index (κ2) is 8.76. The molecule has 4 rings (SSSR count). The molecule has 2 aliphatic rings. The van der Waals surface area contributed by atoms with E-state index in [4.69, 9.17) is 0 Å². The smallest absolute Gasteiger partial charge is 0.258 e. The van der Waals surface area contributed by atoms with Crippen LogP contribution in [0.3, 0.4) is 0 Å². The van der Waals surface area contributed by atoms with Gasteiger partial charge in [-0.15, -0.1) is 0 Å². The summed E-state index contributed by atoms with van der Waals surface area (Å²) in [6, 6.07) is 7.59. The summed E-state index contributed by atoms with van der Waals surface area (Å²) < 4.78 is 0. The second-order valence-electron chi connectivity index (χ2n) is 9.57. The molecule has 2 aromatic rings. The van der Waals surface area contributed by atoms with Gasteiger partial charge in [-0.3, -0.25) is 19.4 Å². The molecule has 0 bridgehead atoms. The summed E-state index contributed by atoms with van der Waals surface area (Å²) in [7, 11) is 0. The molecule has 2 amide bonds. The number of benzene rings is 1. The number of fused-ring (bicyclic) bond motifs is 1. The standard InChI is InChI=1S/C24H31N5O3/c1-13(2)16-5-7-17(8-6-16)25-22(31)18-10-19(30)26-21-20(18)23(32)28-24(27-21)29-11-14(3)9-15(4)12-29/h5-8,13-15,18H,9-12H2,1-4H3,(H,25,31)(H2,26,27,28,30,32). The lowest BCUT2D eigenvalue weighted by atomic mass is 9.91. The number of hydrogen-bond acceptors (Lipinski definition) is 5. The molecule has 1 saturated heterocycles. The molecule has 0 radical (unpaired) electrons. The molecule has 1 aromatic heterocycles. The fourth-order valence-electron chi connectivity index (χ4n) is 4.75. The first-order valence-corrected chi connectivity index (χ1v) is 11.3. The minimum atomic E-state index is -0.895. The number of piperidine rings is 1. The Morgan fingerprint density at radius 1 is 1.12 bits per heavy atom. The Morgan fingerprint density at radius 2 is 1.78 bits per heavy atom. The average Bonchev–Trinajstić information content (AvgIpc) is 2.72. The number of carbonyl (C=O) groups is 2. The van der Waals surface area contributed by atoms with E-state index in [2.05, 4.69) is 48.3 Å². The van der Waals surface area contributed by atoms with Crippen LogP contribution in [0, 0.1) is 11.8 Å². The number of rotatable bonds is 4. The van der Waals surface area contributed by atoms with E-state index < -0.39 is 11.8 Å². The molecule has 0 spiro atoms. The van der Waals surface area contributed by atoms with E-state index in [0.29, 0.717) is 29.4 Å². The topological polar surface area (TPSA) is 107 Å². The quantitative estimate of drug-likeness (QED) is 0.679. The Morgan fingerprint density at radius 3 is 2.41 bits per heavy atom. The molecule has 1 fully saturated rings. The van der Waals surface area contributed by atoms with Crippen molar-refractivity contribution < 1.29 is 9.59 Å². The van der Waals surface area contributed by atoms with Gasteiger partial charge in [0.2, 0.25) is 17.8 Å². The maximum absolute atomic E-state index is 13.0. The van der Waals surface area contributed by atoms with Crippen molar-refractivity contribution in [3.8, 4) is 0 Å². The monoisotopic (exact) mass is 437 g/mol. The molecular formula is C24H31N5O3. The van der Waals surface area contributed by atoms with Gasteiger partial charge in [0.1, 0.15) is 5.82 Å². The van der Waals surface area contributed by atoms with Gasteiger partial charge in [-0.1, -0.05) is 39.8 Å². The predicted octanol–water partition coefficient (Wildman–Crippen LogP) is 3.44. The van der Waals surface area contributed by atoms with Crippen LogP contribution in [0.2, 0.25) is 0 Å². The first kappa shape index (κ1) is 22.0. The van der Waals surface area contributed by atoms with Gasteiger partial charge in [0, 0.05) is 25.2 Å². The summed E-state index contributed by atoms with van der Waals surface area (Å²) in [5.41, 5.74) is 1.62. The van der Waals surface area contributed by atoms with Gasteiger partial charge in [-0.25, -0.2) is 0 Å². The van der Waals surface area contributed by atoms with E-state index in [1.165, 1.54) is 5.56 Å². The highest BCUT2D eigenvalue weighted by Gasteiger charge is 2.35. The molecule has 3 N–H and O–H groups in total. The van der Waals surface area contributed by atoms with E-state index in [9.17, 15) is 14.4 Å². The normalized spacial score (nSPS) is 23.0. The largest absolute Gasteiger partial charge is 0.342 e. The lowest BCUT2D eigenvalue weighted by molar-refractivity contribution is -0.123. The molecule has 0 saturated carbocycles. The van der Waals surface area contributed by atoms with Crippen molar-refractivity contribution in [2.45, 2.75) is 52.4 Å². The minimum absolute atomic E-state index is 0.0925. The molecule has 8 heteroatoms. The summed E-state index contributed by atoms with van der Waals surface area (Å²) in [4.78, 5) is 47.9. The number of hydrogen-bond donors (Lipinski definition) is 3. The van der Waals surface area contributed by atoms with Crippen LogP contribution in [0.4, 0.5) is 17.5 Å².